The maximum absolute atomic E-state index is 4.43. The fraction of sp³-hybridized carbons (Fsp3) is 0.500. The van der Waals surface area contributed by atoms with E-state index < -0.39 is 0 Å². The minimum absolute atomic E-state index is 0.737. The summed E-state index contributed by atoms with van der Waals surface area (Å²) in [6.07, 6.45) is 0. The molecule has 2 aromatic heterocycles. The van der Waals surface area contributed by atoms with Crippen LogP contribution in [-0.4, -0.2) is 26.8 Å². The van der Waals surface area contributed by atoms with Gasteiger partial charge in [0.1, 0.15) is 10.8 Å². The zero-order chi connectivity index (χ0) is 12.3. The monoisotopic (exact) mass is 269 g/mol. The van der Waals surface area contributed by atoms with Crippen molar-refractivity contribution in [2.24, 2.45) is 7.05 Å². The van der Waals surface area contributed by atoms with Crippen LogP contribution >= 0.6 is 23.1 Å². The third kappa shape index (κ3) is 3.05. The lowest BCUT2D eigenvalue weighted by molar-refractivity contribution is 0.682. The summed E-state index contributed by atoms with van der Waals surface area (Å²) < 4.78 is 2.02. The number of thiazole rings is 1. The first-order valence-electron chi connectivity index (χ1n) is 5.27. The fourth-order valence-corrected chi connectivity index (χ4v) is 3.10. The molecular formula is C10H15N5S2. The predicted molar refractivity (Wildman–Crippen MR) is 70.2 cm³/mol. The van der Waals surface area contributed by atoms with Crippen molar-refractivity contribution < 1.29 is 0 Å². The maximum atomic E-state index is 4.43. The van der Waals surface area contributed by atoms with Crippen LogP contribution in [0.15, 0.2) is 10.5 Å². The Bertz CT molecular complexity index is 491. The lowest BCUT2D eigenvalue weighted by atomic mass is 10.6. The van der Waals surface area contributed by atoms with E-state index in [1.54, 1.807) is 23.1 Å². The smallest absolute Gasteiger partial charge is 0.191 e. The Morgan fingerprint density at radius 1 is 1.47 bits per heavy atom. The van der Waals surface area contributed by atoms with Crippen molar-refractivity contribution in [2.75, 3.05) is 7.05 Å². The Morgan fingerprint density at radius 3 is 2.94 bits per heavy atom. The molecule has 2 aromatic rings. The van der Waals surface area contributed by atoms with Gasteiger partial charge in [0.2, 0.25) is 0 Å². The van der Waals surface area contributed by atoms with E-state index in [1.165, 1.54) is 0 Å². The van der Waals surface area contributed by atoms with Crippen LogP contribution in [0.2, 0.25) is 0 Å². The molecule has 0 aliphatic heterocycles. The molecule has 0 saturated carbocycles. The van der Waals surface area contributed by atoms with Crippen molar-refractivity contribution in [1.82, 2.24) is 25.1 Å². The standard InChI is InChI=1S/C10H15N5S2/c1-7-5-16-9(12-7)6-17-10-14-13-8(4-11-2)15(10)3/h5,11H,4,6H2,1-3H3. The van der Waals surface area contributed by atoms with Crippen molar-refractivity contribution in [3.63, 3.8) is 0 Å². The van der Waals surface area contributed by atoms with Gasteiger partial charge in [-0.3, -0.25) is 0 Å². The highest BCUT2D eigenvalue weighted by Crippen LogP contribution is 2.22. The first-order valence-corrected chi connectivity index (χ1v) is 7.14. The van der Waals surface area contributed by atoms with Gasteiger partial charge in [0, 0.05) is 18.1 Å². The molecular weight excluding hydrogens is 254 g/mol. The van der Waals surface area contributed by atoms with Crippen molar-refractivity contribution >= 4 is 23.1 Å². The van der Waals surface area contributed by atoms with E-state index in [0.29, 0.717) is 0 Å². The SMILES string of the molecule is CNCc1nnc(SCc2nc(C)cs2)n1C. The molecule has 0 saturated heterocycles. The van der Waals surface area contributed by atoms with E-state index in [0.717, 1.165) is 34.0 Å². The second-order valence-corrected chi connectivity index (χ2v) is 5.54. The van der Waals surface area contributed by atoms with Crippen LogP contribution in [0, 0.1) is 6.92 Å². The van der Waals surface area contributed by atoms with Crippen LogP contribution in [0.3, 0.4) is 0 Å². The van der Waals surface area contributed by atoms with Gasteiger partial charge in [-0.1, -0.05) is 11.8 Å². The van der Waals surface area contributed by atoms with Crippen LogP contribution < -0.4 is 5.32 Å². The van der Waals surface area contributed by atoms with Gasteiger partial charge in [0.15, 0.2) is 5.16 Å². The Morgan fingerprint density at radius 2 is 2.29 bits per heavy atom. The van der Waals surface area contributed by atoms with Gasteiger partial charge in [0.05, 0.1) is 12.3 Å². The van der Waals surface area contributed by atoms with Crippen LogP contribution in [0.25, 0.3) is 0 Å². The third-order valence-electron chi connectivity index (χ3n) is 2.25. The number of nitrogens with one attached hydrogen (secondary N) is 1. The van der Waals surface area contributed by atoms with Crippen LogP contribution in [0.5, 0.6) is 0 Å². The average Bonchev–Trinajstić information content (AvgIpc) is 2.86. The summed E-state index contributed by atoms with van der Waals surface area (Å²) in [6.45, 7) is 2.75. The van der Waals surface area contributed by atoms with Crippen LogP contribution in [0.4, 0.5) is 0 Å². The normalized spacial score (nSPS) is 11.0. The molecule has 0 spiro atoms. The molecule has 0 amide bonds. The highest BCUT2D eigenvalue weighted by atomic mass is 32.2. The molecule has 0 fully saturated rings. The summed E-state index contributed by atoms with van der Waals surface area (Å²) in [6, 6.07) is 0. The molecule has 0 aliphatic rings. The van der Waals surface area contributed by atoms with Gasteiger partial charge in [0.25, 0.3) is 0 Å². The Balaban J connectivity index is 1.99. The molecule has 1 N–H and O–H groups in total. The van der Waals surface area contributed by atoms with Gasteiger partial charge in [-0.2, -0.15) is 0 Å². The molecule has 0 aliphatic carbocycles. The first kappa shape index (κ1) is 12.5. The highest BCUT2D eigenvalue weighted by molar-refractivity contribution is 7.98. The van der Waals surface area contributed by atoms with Crippen molar-refractivity contribution in [3.8, 4) is 0 Å². The molecule has 0 atom stereocenters. The fourth-order valence-electron chi connectivity index (χ4n) is 1.38. The molecule has 0 radical (unpaired) electrons. The number of rotatable bonds is 5. The number of nitrogens with zero attached hydrogens (tertiary/aromatic N) is 4. The second-order valence-electron chi connectivity index (χ2n) is 3.66. The van der Waals surface area contributed by atoms with Gasteiger partial charge in [-0.15, -0.1) is 21.5 Å². The number of aryl methyl sites for hydroxylation is 1. The zero-order valence-corrected chi connectivity index (χ0v) is 11.7. The Labute approximate surface area is 109 Å². The predicted octanol–water partition coefficient (Wildman–Crippen LogP) is 1.59. The van der Waals surface area contributed by atoms with Gasteiger partial charge < -0.3 is 9.88 Å². The molecule has 0 bridgehead atoms. The second kappa shape index (κ2) is 5.61. The maximum Gasteiger partial charge on any atom is 0.191 e. The molecule has 5 nitrogen and oxygen atoms in total. The Kier molecular flexibility index (Phi) is 4.14. The van der Waals surface area contributed by atoms with E-state index in [1.807, 2.05) is 25.6 Å². The van der Waals surface area contributed by atoms with Gasteiger partial charge in [-0.05, 0) is 14.0 Å². The molecule has 7 heteroatoms. The van der Waals surface area contributed by atoms with Gasteiger partial charge in [-0.25, -0.2) is 4.98 Å². The molecule has 0 unspecified atom stereocenters. The molecule has 2 rings (SSSR count). The highest BCUT2D eigenvalue weighted by Gasteiger charge is 2.09. The summed E-state index contributed by atoms with van der Waals surface area (Å²) in [5.74, 6) is 1.80. The van der Waals surface area contributed by atoms with Crippen LogP contribution in [0.1, 0.15) is 16.5 Å². The molecule has 17 heavy (non-hydrogen) atoms. The van der Waals surface area contributed by atoms with Crippen molar-refractivity contribution in [2.45, 2.75) is 24.4 Å². The molecule has 2 heterocycles. The minimum Gasteiger partial charge on any atom is -0.313 e. The summed E-state index contributed by atoms with van der Waals surface area (Å²) >= 11 is 3.36. The lowest BCUT2D eigenvalue weighted by Gasteiger charge is -2.01. The van der Waals surface area contributed by atoms with E-state index >= 15 is 0 Å². The largest absolute Gasteiger partial charge is 0.313 e. The van der Waals surface area contributed by atoms with E-state index in [-0.39, 0.29) is 0 Å². The average molecular weight is 269 g/mol. The number of aromatic nitrogens is 4. The molecule has 0 aromatic carbocycles. The number of hydrogen-bond acceptors (Lipinski definition) is 6. The first-order chi connectivity index (χ1) is 8.20. The topological polar surface area (TPSA) is 55.6 Å². The number of thioether (sulfide) groups is 1. The summed E-state index contributed by atoms with van der Waals surface area (Å²) in [4.78, 5) is 4.43. The number of hydrogen-bond donors (Lipinski definition) is 1. The third-order valence-corrected chi connectivity index (χ3v) is 4.43. The summed E-state index contributed by atoms with van der Waals surface area (Å²) in [7, 11) is 3.89. The Hall–Kier alpha value is -0.920. The molecule has 92 valence electrons. The van der Waals surface area contributed by atoms with E-state index in [9.17, 15) is 0 Å². The van der Waals surface area contributed by atoms with Gasteiger partial charge >= 0.3 is 0 Å². The minimum atomic E-state index is 0.737. The van der Waals surface area contributed by atoms with Crippen molar-refractivity contribution in [1.29, 1.82) is 0 Å². The van der Waals surface area contributed by atoms with Crippen molar-refractivity contribution in [3.05, 3.63) is 21.9 Å². The van der Waals surface area contributed by atoms with Crippen LogP contribution in [-0.2, 0) is 19.3 Å². The quantitative estimate of drug-likeness (QED) is 0.835. The zero-order valence-electron chi connectivity index (χ0n) is 10.1. The lowest BCUT2D eigenvalue weighted by Crippen LogP contribution is -2.10. The summed E-state index contributed by atoms with van der Waals surface area (Å²) in [5, 5.41) is 15.5. The van der Waals surface area contributed by atoms with E-state index in [4.69, 9.17) is 0 Å². The summed E-state index contributed by atoms with van der Waals surface area (Å²) in [5.41, 5.74) is 1.08. The van der Waals surface area contributed by atoms with E-state index in [2.05, 4.69) is 25.9 Å².